The van der Waals surface area contributed by atoms with Crippen LogP contribution >= 0.6 is 0 Å². The maximum Gasteiger partial charge on any atom is 0.408 e. The van der Waals surface area contributed by atoms with Crippen molar-refractivity contribution in [2.75, 3.05) is 11.4 Å². The van der Waals surface area contributed by atoms with Gasteiger partial charge in [-0.25, -0.2) is 9.50 Å². The Balaban J connectivity index is 1.67. The molecule has 1 aliphatic carbocycles. The fourth-order valence-corrected chi connectivity index (χ4v) is 3.71. The summed E-state index contributed by atoms with van der Waals surface area (Å²) >= 11 is 0. The van der Waals surface area contributed by atoms with Gasteiger partial charge in [0.25, 0.3) is 5.91 Å². The van der Waals surface area contributed by atoms with Gasteiger partial charge in [0.2, 0.25) is 0 Å². The van der Waals surface area contributed by atoms with Crippen molar-refractivity contribution in [2.45, 2.75) is 57.7 Å². The molecule has 1 aliphatic heterocycles. The Morgan fingerprint density at radius 1 is 1.41 bits per heavy atom. The van der Waals surface area contributed by atoms with Crippen molar-refractivity contribution in [1.29, 1.82) is 0 Å². The van der Waals surface area contributed by atoms with E-state index in [1.54, 1.807) is 17.9 Å². The average molecular weight is 412 g/mol. The lowest BCUT2D eigenvalue weighted by Gasteiger charge is -2.22. The zero-order chi connectivity index (χ0) is 21.1. The number of aromatic nitrogens is 3. The minimum absolute atomic E-state index is 0.0363. The average Bonchev–Trinajstić information content (AvgIpc) is 3.26. The van der Waals surface area contributed by atoms with E-state index < -0.39 is 30.4 Å². The first-order valence-corrected chi connectivity index (χ1v) is 9.42. The van der Waals surface area contributed by atoms with Crippen LogP contribution in [0.15, 0.2) is 12.3 Å². The smallest absolute Gasteiger partial charge is 0.361 e. The number of aliphatic hydroxyl groups is 1. The lowest BCUT2D eigenvalue weighted by Crippen LogP contribution is -2.46. The summed E-state index contributed by atoms with van der Waals surface area (Å²) < 4.78 is 41.2. The molecule has 29 heavy (non-hydrogen) atoms. The number of carbonyl (C=O) groups excluding carboxylic acids is 1. The van der Waals surface area contributed by atoms with Crippen molar-refractivity contribution in [3.8, 4) is 0 Å². The second-order valence-electron chi connectivity index (χ2n) is 8.41. The van der Waals surface area contributed by atoms with Crippen molar-refractivity contribution >= 4 is 17.4 Å². The Labute approximate surface area is 165 Å². The van der Waals surface area contributed by atoms with Crippen molar-refractivity contribution in [3.05, 3.63) is 23.5 Å². The number of aliphatic hydroxyl groups excluding tert-OH is 1. The van der Waals surface area contributed by atoms with E-state index in [4.69, 9.17) is 0 Å². The number of carbonyl (C=O) groups is 1. The van der Waals surface area contributed by atoms with E-state index in [9.17, 15) is 23.1 Å². The highest BCUT2D eigenvalue weighted by atomic mass is 19.4. The fraction of sp³-hybridized carbons (Fsp3) is 0.611. The van der Waals surface area contributed by atoms with E-state index >= 15 is 0 Å². The molecule has 1 saturated carbocycles. The van der Waals surface area contributed by atoms with Gasteiger partial charge in [0.1, 0.15) is 17.4 Å². The Kier molecular flexibility index (Phi) is 4.50. The number of alkyl halides is 3. The lowest BCUT2D eigenvalue weighted by atomic mass is 10.1. The van der Waals surface area contributed by atoms with Gasteiger partial charge in [-0.15, -0.1) is 0 Å². The number of fused-ring (bicyclic) bond motifs is 1. The third-order valence-electron chi connectivity index (χ3n) is 5.29. The molecular weight excluding hydrogens is 389 g/mol. The van der Waals surface area contributed by atoms with Crippen molar-refractivity contribution in [2.24, 2.45) is 5.92 Å². The van der Waals surface area contributed by atoms with E-state index in [-0.39, 0.29) is 16.7 Å². The molecule has 1 saturated heterocycles. The zero-order valence-electron chi connectivity index (χ0n) is 16.3. The summed E-state index contributed by atoms with van der Waals surface area (Å²) in [5.41, 5.74) is 0.388. The highest BCUT2D eigenvalue weighted by Crippen LogP contribution is 2.40. The van der Waals surface area contributed by atoms with Crippen LogP contribution in [0.5, 0.6) is 0 Å². The summed E-state index contributed by atoms with van der Waals surface area (Å²) in [5.74, 6) is -1.04. The predicted octanol–water partition coefficient (Wildman–Crippen LogP) is 1.57. The SMILES string of the molecule is Cc1cc(N2CC(C)(C)NC2O)nc2c(C(=O)NC(C3CC3)C(F)(F)F)cnn12. The Morgan fingerprint density at radius 3 is 2.66 bits per heavy atom. The largest absolute Gasteiger partial charge is 0.408 e. The Hall–Kier alpha value is -2.40. The first-order valence-electron chi connectivity index (χ1n) is 9.42. The summed E-state index contributed by atoms with van der Waals surface area (Å²) in [7, 11) is 0. The Morgan fingerprint density at radius 2 is 2.10 bits per heavy atom. The van der Waals surface area contributed by atoms with Crippen LogP contribution in [0.2, 0.25) is 0 Å². The molecular formula is C18H23F3N6O2. The number of aryl methyl sites for hydroxylation is 1. The van der Waals surface area contributed by atoms with Gasteiger partial charge in [-0.3, -0.25) is 10.1 Å². The molecule has 3 heterocycles. The second kappa shape index (κ2) is 6.56. The first kappa shape index (κ1) is 19.9. The molecule has 0 radical (unpaired) electrons. The predicted molar refractivity (Wildman–Crippen MR) is 98.3 cm³/mol. The van der Waals surface area contributed by atoms with Gasteiger partial charge in [0, 0.05) is 23.8 Å². The quantitative estimate of drug-likeness (QED) is 0.706. The van der Waals surface area contributed by atoms with Crippen LogP contribution in [0.25, 0.3) is 5.65 Å². The third-order valence-corrected chi connectivity index (χ3v) is 5.29. The molecule has 0 aromatic carbocycles. The highest BCUT2D eigenvalue weighted by Gasteiger charge is 2.50. The molecule has 2 unspecified atom stereocenters. The summed E-state index contributed by atoms with van der Waals surface area (Å²) in [6.45, 7) is 6.06. The molecule has 11 heteroatoms. The molecule has 2 aromatic rings. The van der Waals surface area contributed by atoms with Crippen LogP contribution in [0.1, 0.15) is 42.7 Å². The third kappa shape index (κ3) is 3.76. The first-order chi connectivity index (χ1) is 13.5. The van der Waals surface area contributed by atoms with E-state index in [0.717, 1.165) is 0 Å². The minimum atomic E-state index is -4.51. The normalized spacial score (nSPS) is 22.9. The Bertz CT molecular complexity index is 953. The number of nitrogens with zero attached hydrogens (tertiary/aromatic N) is 4. The number of amides is 1. The van der Waals surface area contributed by atoms with Gasteiger partial charge in [-0.1, -0.05) is 0 Å². The van der Waals surface area contributed by atoms with E-state index in [1.165, 1.54) is 10.7 Å². The molecule has 2 fully saturated rings. The molecule has 0 spiro atoms. The number of halogens is 3. The maximum absolute atomic E-state index is 13.3. The van der Waals surface area contributed by atoms with Crippen molar-refractivity contribution < 1.29 is 23.1 Å². The van der Waals surface area contributed by atoms with E-state index in [2.05, 4.69) is 20.7 Å². The van der Waals surface area contributed by atoms with Gasteiger partial charge < -0.3 is 15.3 Å². The van der Waals surface area contributed by atoms with E-state index in [1.807, 2.05) is 13.8 Å². The zero-order valence-corrected chi connectivity index (χ0v) is 16.3. The molecule has 0 bridgehead atoms. The highest BCUT2D eigenvalue weighted by molar-refractivity contribution is 6.00. The van der Waals surface area contributed by atoms with Gasteiger partial charge in [-0.05, 0) is 39.5 Å². The molecule has 2 atom stereocenters. The van der Waals surface area contributed by atoms with Gasteiger partial charge in [-0.2, -0.15) is 18.3 Å². The van der Waals surface area contributed by atoms with Gasteiger partial charge >= 0.3 is 6.18 Å². The second-order valence-corrected chi connectivity index (χ2v) is 8.41. The van der Waals surface area contributed by atoms with Crippen LogP contribution in [-0.4, -0.2) is 56.3 Å². The fourth-order valence-electron chi connectivity index (χ4n) is 3.71. The molecule has 3 N–H and O–H groups in total. The monoisotopic (exact) mass is 412 g/mol. The number of hydrogen-bond donors (Lipinski definition) is 3. The van der Waals surface area contributed by atoms with Crippen LogP contribution in [0.3, 0.4) is 0 Å². The standard InChI is InChI=1S/C18H23F3N6O2/c1-9-6-12(26-8-17(2,3)25-16(26)29)23-14-11(7-22-27(9)14)15(28)24-13(10-4-5-10)18(19,20)21/h6-7,10,13,16,25,29H,4-5,8H2,1-3H3,(H,24,28). The number of rotatable bonds is 4. The lowest BCUT2D eigenvalue weighted by molar-refractivity contribution is -0.158. The molecule has 158 valence electrons. The van der Waals surface area contributed by atoms with Crippen molar-refractivity contribution in [1.82, 2.24) is 25.2 Å². The summed E-state index contributed by atoms with van der Waals surface area (Å²) in [6.07, 6.45) is -3.38. The molecule has 2 aliphatic rings. The van der Waals surface area contributed by atoms with Crippen LogP contribution in [-0.2, 0) is 0 Å². The van der Waals surface area contributed by atoms with Crippen LogP contribution < -0.4 is 15.5 Å². The summed E-state index contributed by atoms with van der Waals surface area (Å²) in [6, 6.07) is -0.170. The van der Waals surface area contributed by atoms with Gasteiger partial charge in [0.15, 0.2) is 12.0 Å². The number of nitrogens with one attached hydrogen (secondary N) is 2. The topological polar surface area (TPSA) is 94.8 Å². The molecule has 1 amide bonds. The molecule has 2 aromatic heterocycles. The van der Waals surface area contributed by atoms with E-state index in [0.29, 0.717) is 30.9 Å². The van der Waals surface area contributed by atoms with Crippen molar-refractivity contribution in [3.63, 3.8) is 0 Å². The van der Waals surface area contributed by atoms with Gasteiger partial charge in [0.05, 0.1) is 6.20 Å². The molecule has 8 nitrogen and oxygen atoms in total. The number of hydrogen-bond acceptors (Lipinski definition) is 6. The number of anilines is 1. The van der Waals surface area contributed by atoms with Crippen LogP contribution in [0.4, 0.5) is 19.0 Å². The summed E-state index contributed by atoms with van der Waals surface area (Å²) in [4.78, 5) is 18.7. The summed E-state index contributed by atoms with van der Waals surface area (Å²) in [5, 5.41) is 19.5. The minimum Gasteiger partial charge on any atom is -0.361 e. The van der Waals surface area contributed by atoms with Crippen LogP contribution in [0, 0.1) is 12.8 Å². The maximum atomic E-state index is 13.3. The molecule has 4 rings (SSSR count).